The summed E-state index contributed by atoms with van der Waals surface area (Å²) in [6, 6.07) is 15.7. The molecular weight excluding hydrogens is 434 g/mol. The Morgan fingerprint density at radius 3 is 2.73 bits per heavy atom. The Bertz CT molecular complexity index is 1120. The van der Waals surface area contributed by atoms with Gasteiger partial charge in [-0.3, -0.25) is 14.5 Å². The third-order valence-corrected chi connectivity index (χ3v) is 6.90. The van der Waals surface area contributed by atoms with Gasteiger partial charge in [-0.2, -0.15) is 0 Å². The average Bonchev–Trinajstić information content (AvgIpc) is 3.24. The van der Waals surface area contributed by atoms with Gasteiger partial charge in [0.15, 0.2) is 5.13 Å². The molecular formula is C22H19N3O2S3. The van der Waals surface area contributed by atoms with E-state index in [1.807, 2.05) is 61.5 Å². The van der Waals surface area contributed by atoms with Crippen molar-refractivity contribution in [3.05, 3.63) is 64.6 Å². The number of aryl methyl sites for hydroxylation is 1. The minimum Gasteiger partial charge on any atom is -0.302 e. The van der Waals surface area contributed by atoms with E-state index in [0.717, 1.165) is 15.8 Å². The van der Waals surface area contributed by atoms with E-state index < -0.39 is 0 Å². The number of para-hydroxylation sites is 1. The van der Waals surface area contributed by atoms with E-state index in [0.29, 0.717) is 33.7 Å². The van der Waals surface area contributed by atoms with Gasteiger partial charge in [-0.1, -0.05) is 77.3 Å². The Kier molecular flexibility index (Phi) is 6.26. The number of hydrogen-bond donors (Lipinski definition) is 1. The van der Waals surface area contributed by atoms with Crippen LogP contribution in [0, 0.1) is 6.92 Å². The normalized spacial score (nSPS) is 15.4. The zero-order valence-electron chi connectivity index (χ0n) is 16.3. The SMILES string of the molecule is Cc1ccc(C=C2SC(=S)N(CCCC(=O)Nc3nc4ccccc4s3)C2=O)cc1. The van der Waals surface area contributed by atoms with E-state index >= 15 is 0 Å². The van der Waals surface area contributed by atoms with Crippen molar-refractivity contribution in [1.29, 1.82) is 0 Å². The molecule has 152 valence electrons. The number of thioether (sulfide) groups is 1. The van der Waals surface area contributed by atoms with Gasteiger partial charge in [0.25, 0.3) is 5.91 Å². The van der Waals surface area contributed by atoms with Crippen molar-refractivity contribution in [3.63, 3.8) is 0 Å². The van der Waals surface area contributed by atoms with Gasteiger partial charge in [0.1, 0.15) is 4.32 Å². The molecule has 1 aliphatic rings. The number of aromatic nitrogens is 1. The van der Waals surface area contributed by atoms with Crippen LogP contribution in [-0.4, -0.2) is 32.6 Å². The van der Waals surface area contributed by atoms with Crippen LogP contribution >= 0.6 is 35.3 Å². The summed E-state index contributed by atoms with van der Waals surface area (Å²) in [5.41, 5.74) is 3.01. The Labute approximate surface area is 188 Å². The molecule has 1 saturated heterocycles. The van der Waals surface area contributed by atoms with Crippen LogP contribution in [0.15, 0.2) is 53.4 Å². The fraction of sp³-hybridized carbons (Fsp3) is 0.182. The van der Waals surface area contributed by atoms with Crippen LogP contribution in [-0.2, 0) is 9.59 Å². The van der Waals surface area contributed by atoms with Gasteiger partial charge < -0.3 is 5.32 Å². The molecule has 4 rings (SSSR count). The van der Waals surface area contributed by atoms with Crippen LogP contribution in [0.5, 0.6) is 0 Å². The van der Waals surface area contributed by atoms with Crippen molar-refractivity contribution in [3.8, 4) is 0 Å². The highest BCUT2D eigenvalue weighted by Gasteiger charge is 2.31. The number of thiocarbonyl (C=S) groups is 1. The number of carbonyl (C=O) groups excluding carboxylic acids is 2. The molecule has 3 aromatic rings. The Hall–Kier alpha value is -2.55. The zero-order chi connectivity index (χ0) is 21.1. The van der Waals surface area contributed by atoms with E-state index in [-0.39, 0.29) is 11.8 Å². The molecule has 0 spiro atoms. The second-order valence-electron chi connectivity index (χ2n) is 6.88. The fourth-order valence-corrected chi connectivity index (χ4v) is 5.20. The molecule has 1 fully saturated rings. The largest absolute Gasteiger partial charge is 0.302 e. The molecule has 30 heavy (non-hydrogen) atoms. The Morgan fingerprint density at radius 1 is 1.20 bits per heavy atom. The first kappa shape index (κ1) is 20.7. The molecule has 1 aliphatic heterocycles. The minimum absolute atomic E-state index is 0.0999. The van der Waals surface area contributed by atoms with E-state index in [2.05, 4.69) is 10.3 Å². The molecule has 1 N–H and O–H groups in total. The highest BCUT2D eigenvalue weighted by Crippen LogP contribution is 2.33. The lowest BCUT2D eigenvalue weighted by Crippen LogP contribution is -2.29. The molecule has 8 heteroatoms. The number of hydrogen-bond acceptors (Lipinski definition) is 6. The predicted octanol–water partition coefficient (Wildman–Crippen LogP) is 5.22. The van der Waals surface area contributed by atoms with Gasteiger partial charge in [-0.25, -0.2) is 4.98 Å². The lowest BCUT2D eigenvalue weighted by atomic mass is 10.1. The summed E-state index contributed by atoms with van der Waals surface area (Å²) in [6.45, 7) is 2.44. The standard InChI is InChI=1S/C22H19N3O2S3/c1-14-8-10-15(11-9-14)13-18-20(27)25(22(28)30-18)12-4-7-19(26)24-21-23-16-5-2-3-6-17(16)29-21/h2-3,5-6,8-11,13H,4,7,12H2,1H3,(H,23,24,26). The summed E-state index contributed by atoms with van der Waals surface area (Å²) in [5, 5.41) is 3.43. The summed E-state index contributed by atoms with van der Waals surface area (Å²) < 4.78 is 1.57. The second kappa shape index (κ2) is 9.07. The van der Waals surface area contributed by atoms with Crippen LogP contribution in [0.2, 0.25) is 0 Å². The predicted molar refractivity (Wildman–Crippen MR) is 129 cm³/mol. The highest BCUT2D eigenvalue weighted by molar-refractivity contribution is 8.26. The van der Waals surface area contributed by atoms with E-state index in [4.69, 9.17) is 12.2 Å². The molecule has 1 aromatic heterocycles. The molecule has 0 radical (unpaired) electrons. The number of nitrogens with one attached hydrogen (secondary N) is 1. The van der Waals surface area contributed by atoms with Crippen LogP contribution in [0.1, 0.15) is 24.0 Å². The lowest BCUT2D eigenvalue weighted by molar-refractivity contribution is -0.122. The van der Waals surface area contributed by atoms with Gasteiger partial charge in [-0.05, 0) is 37.1 Å². The number of fused-ring (bicyclic) bond motifs is 1. The van der Waals surface area contributed by atoms with Crippen molar-refractivity contribution in [2.75, 3.05) is 11.9 Å². The number of anilines is 1. The summed E-state index contributed by atoms with van der Waals surface area (Å²) >= 11 is 8.12. The topological polar surface area (TPSA) is 62.3 Å². The first-order chi connectivity index (χ1) is 14.5. The first-order valence-corrected chi connectivity index (χ1v) is 11.5. The Balaban J connectivity index is 1.31. The number of rotatable bonds is 6. The molecule has 0 atom stereocenters. The summed E-state index contributed by atoms with van der Waals surface area (Å²) in [6.07, 6.45) is 2.68. The second-order valence-corrected chi connectivity index (χ2v) is 9.59. The minimum atomic E-state index is -0.116. The van der Waals surface area contributed by atoms with Gasteiger partial charge >= 0.3 is 0 Å². The number of benzene rings is 2. The third-order valence-electron chi connectivity index (χ3n) is 4.57. The number of thiazole rings is 1. The van der Waals surface area contributed by atoms with Gasteiger partial charge in [0, 0.05) is 13.0 Å². The summed E-state index contributed by atoms with van der Waals surface area (Å²) in [4.78, 5) is 31.6. The fourth-order valence-electron chi connectivity index (χ4n) is 3.01. The van der Waals surface area contributed by atoms with E-state index in [9.17, 15) is 9.59 Å². The first-order valence-electron chi connectivity index (χ1n) is 9.47. The van der Waals surface area contributed by atoms with Gasteiger partial charge in [-0.15, -0.1) is 0 Å². The van der Waals surface area contributed by atoms with Crippen molar-refractivity contribution in [1.82, 2.24) is 9.88 Å². The number of carbonyl (C=O) groups is 2. The summed E-state index contributed by atoms with van der Waals surface area (Å²) in [7, 11) is 0. The highest BCUT2D eigenvalue weighted by atomic mass is 32.2. The maximum Gasteiger partial charge on any atom is 0.266 e. The van der Waals surface area contributed by atoms with Gasteiger partial charge in [0.05, 0.1) is 15.1 Å². The molecule has 2 aromatic carbocycles. The maximum atomic E-state index is 12.7. The van der Waals surface area contributed by atoms with Crippen LogP contribution in [0.3, 0.4) is 0 Å². The molecule has 0 unspecified atom stereocenters. The molecule has 2 heterocycles. The number of nitrogens with zero attached hydrogens (tertiary/aromatic N) is 2. The average molecular weight is 454 g/mol. The summed E-state index contributed by atoms with van der Waals surface area (Å²) in [5.74, 6) is -0.216. The third kappa shape index (κ3) is 4.77. The molecule has 5 nitrogen and oxygen atoms in total. The molecule has 0 aliphatic carbocycles. The Morgan fingerprint density at radius 2 is 1.97 bits per heavy atom. The van der Waals surface area contributed by atoms with Crippen LogP contribution < -0.4 is 5.32 Å². The maximum absolute atomic E-state index is 12.7. The van der Waals surface area contributed by atoms with E-state index in [1.54, 1.807) is 4.90 Å². The van der Waals surface area contributed by atoms with Crippen molar-refractivity contribution in [2.45, 2.75) is 19.8 Å². The quantitative estimate of drug-likeness (QED) is 0.409. The smallest absolute Gasteiger partial charge is 0.266 e. The van der Waals surface area contributed by atoms with Crippen LogP contribution in [0.25, 0.3) is 16.3 Å². The zero-order valence-corrected chi connectivity index (χ0v) is 18.7. The molecule has 0 bridgehead atoms. The molecule has 2 amide bonds. The van der Waals surface area contributed by atoms with Crippen molar-refractivity contribution >= 4 is 72.9 Å². The number of amides is 2. The van der Waals surface area contributed by atoms with E-state index in [1.165, 1.54) is 28.7 Å². The van der Waals surface area contributed by atoms with Crippen LogP contribution in [0.4, 0.5) is 5.13 Å². The van der Waals surface area contributed by atoms with Crippen molar-refractivity contribution in [2.24, 2.45) is 0 Å². The molecule has 0 saturated carbocycles. The van der Waals surface area contributed by atoms with Gasteiger partial charge in [0.2, 0.25) is 5.91 Å². The van der Waals surface area contributed by atoms with Crippen molar-refractivity contribution < 1.29 is 9.59 Å². The lowest BCUT2D eigenvalue weighted by Gasteiger charge is -2.13. The monoisotopic (exact) mass is 453 g/mol.